The van der Waals surface area contributed by atoms with Crippen molar-refractivity contribution in [2.24, 2.45) is 23.2 Å². The molecule has 32 heavy (non-hydrogen) atoms. The number of carbonyl (C=O) groups is 1. The Balaban J connectivity index is 3.63. The lowest BCUT2D eigenvalue weighted by atomic mass is 9.76. The molecular formula is C30H60O2. The molecule has 0 rings (SSSR count). The van der Waals surface area contributed by atoms with Crippen molar-refractivity contribution in [1.82, 2.24) is 0 Å². The Kier molecular flexibility index (Phi) is 19.6. The second kappa shape index (κ2) is 19.9. The highest BCUT2D eigenvalue weighted by Gasteiger charge is 2.33. The second-order valence-corrected chi connectivity index (χ2v) is 11.6. The molecular weight excluding hydrogens is 392 g/mol. The zero-order chi connectivity index (χ0) is 24.2. The number of carboxylic acids is 1. The van der Waals surface area contributed by atoms with E-state index in [1.165, 1.54) is 103 Å². The van der Waals surface area contributed by atoms with Crippen LogP contribution in [0.4, 0.5) is 0 Å². The molecule has 0 aliphatic heterocycles. The van der Waals surface area contributed by atoms with Gasteiger partial charge in [-0.2, -0.15) is 0 Å². The van der Waals surface area contributed by atoms with Crippen molar-refractivity contribution in [3.63, 3.8) is 0 Å². The molecule has 0 radical (unpaired) electrons. The van der Waals surface area contributed by atoms with Crippen molar-refractivity contribution in [1.29, 1.82) is 0 Å². The molecule has 0 aliphatic rings. The van der Waals surface area contributed by atoms with Gasteiger partial charge in [0.1, 0.15) is 0 Å². The van der Waals surface area contributed by atoms with Gasteiger partial charge in [0.05, 0.1) is 5.41 Å². The predicted molar refractivity (Wildman–Crippen MR) is 142 cm³/mol. The summed E-state index contributed by atoms with van der Waals surface area (Å²) in [6, 6.07) is 0. The van der Waals surface area contributed by atoms with Gasteiger partial charge in [0.2, 0.25) is 0 Å². The van der Waals surface area contributed by atoms with Crippen molar-refractivity contribution in [3.8, 4) is 0 Å². The number of hydrogen-bond donors (Lipinski definition) is 1. The van der Waals surface area contributed by atoms with Gasteiger partial charge in [-0.05, 0) is 50.4 Å². The Hall–Kier alpha value is -0.530. The van der Waals surface area contributed by atoms with Gasteiger partial charge >= 0.3 is 5.97 Å². The Morgan fingerprint density at radius 1 is 0.656 bits per heavy atom. The van der Waals surface area contributed by atoms with Crippen LogP contribution in [0, 0.1) is 23.2 Å². The molecule has 0 saturated heterocycles. The number of hydrogen-bond acceptors (Lipinski definition) is 1. The summed E-state index contributed by atoms with van der Waals surface area (Å²) in [5.41, 5.74) is -0.557. The summed E-state index contributed by atoms with van der Waals surface area (Å²) in [5.74, 6) is 1.35. The molecule has 1 N–H and O–H groups in total. The van der Waals surface area contributed by atoms with Crippen molar-refractivity contribution < 1.29 is 9.90 Å². The Labute approximate surface area is 202 Å². The first-order valence-corrected chi connectivity index (χ1v) is 14.5. The fraction of sp³-hybridized carbons (Fsp3) is 0.967. The van der Waals surface area contributed by atoms with Crippen molar-refractivity contribution >= 4 is 5.97 Å². The van der Waals surface area contributed by atoms with Crippen LogP contribution in [0.5, 0.6) is 0 Å². The first-order valence-electron chi connectivity index (χ1n) is 14.5. The lowest BCUT2D eigenvalue weighted by Gasteiger charge is -2.28. The van der Waals surface area contributed by atoms with E-state index in [-0.39, 0.29) is 0 Å². The van der Waals surface area contributed by atoms with Gasteiger partial charge in [-0.3, -0.25) is 4.79 Å². The number of unbranched alkanes of at least 4 members (excludes halogenated alkanes) is 13. The van der Waals surface area contributed by atoms with E-state index in [9.17, 15) is 9.90 Å². The van der Waals surface area contributed by atoms with E-state index in [1.54, 1.807) is 0 Å². The molecule has 0 aliphatic carbocycles. The van der Waals surface area contributed by atoms with E-state index in [0.717, 1.165) is 25.2 Å². The van der Waals surface area contributed by atoms with Gasteiger partial charge < -0.3 is 5.11 Å². The van der Waals surface area contributed by atoms with E-state index < -0.39 is 11.4 Å². The summed E-state index contributed by atoms with van der Waals surface area (Å²) in [5, 5.41) is 9.52. The Morgan fingerprint density at radius 3 is 1.47 bits per heavy atom. The molecule has 0 saturated carbocycles. The lowest BCUT2D eigenvalue weighted by molar-refractivity contribution is -0.149. The monoisotopic (exact) mass is 452 g/mol. The number of rotatable bonds is 23. The second-order valence-electron chi connectivity index (χ2n) is 11.6. The topological polar surface area (TPSA) is 37.3 Å². The van der Waals surface area contributed by atoms with Gasteiger partial charge in [0.15, 0.2) is 0 Å². The van der Waals surface area contributed by atoms with Crippen molar-refractivity contribution in [3.05, 3.63) is 0 Å². The number of carboxylic acid groups (broad SMARTS) is 1. The molecule has 2 heteroatoms. The molecule has 4 atom stereocenters. The predicted octanol–water partition coefficient (Wildman–Crippen LogP) is 10.4. The van der Waals surface area contributed by atoms with Gasteiger partial charge in [0.25, 0.3) is 0 Å². The average Bonchev–Trinajstić information content (AvgIpc) is 2.73. The zero-order valence-corrected chi connectivity index (χ0v) is 23.0. The van der Waals surface area contributed by atoms with Crippen LogP contribution in [0.2, 0.25) is 0 Å². The van der Waals surface area contributed by atoms with E-state index in [0.29, 0.717) is 11.8 Å². The summed E-state index contributed by atoms with van der Waals surface area (Å²) >= 11 is 0. The van der Waals surface area contributed by atoms with E-state index in [1.807, 2.05) is 13.8 Å². The van der Waals surface area contributed by atoms with Crippen LogP contribution in [-0.2, 0) is 4.79 Å². The molecule has 0 aromatic carbocycles. The zero-order valence-electron chi connectivity index (χ0n) is 23.0. The minimum absolute atomic E-state index is 0.485. The quantitative estimate of drug-likeness (QED) is 0.156. The minimum atomic E-state index is -0.634. The van der Waals surface area contributed by atoms with Gasteiger partial charge in [-0.1, -0.05) is 131 Å². The van der Waals surface area contributed by atoms with Gasteiger partial charge in [0, 0.05) is 0 Å². The third-order valence-electron chi connectivity index (χ3n) is 7.76. The Morgan fingerprint density at radius 2 is 1.06 bits per heavy atom. The number of aliphatic carboxylic acids is 1. The molecule has 0 amide bonds. The highest BCUT2D eigenvalue weighted by atomic mass is 16.4. The maximum atomic E-state index is 11.6. The average molecular weight is 453 g/mol. The smallest absolute Gasteiger partial charge is 0.309 e. The maximum Gasteiger partial charge on any atom is 0.309 e. The van der Waals surface area contributed by atoms with Gasteiger partial charge in [-0.25, -0.2) is 0 Å². The first kappa shape index (κ1) is 31.5. The van der Waals surface area contributed by atoms with Crippen LogP contribution in [0.25, 0.3) is 0 Å². The lowest BCUT2D eigenvalue weighted by Crippen LogP contribution is -2.29. The third kappa shape index (κ3) is 17.0. The molecule has 0 fully saturated rings. The van der Waals surface area contributed by atoms with Crippen LogP contribution in [0.15, 0.2) is 0 Å². The summed E-state index contributed by atoms with van der Waals surface area (Å²) in [6.45, 7) is 13.2. The Bertz CT molecular complexity index is 433. The molecule has 0 heterocycles. The fourth-order valence-corrected chi connectivity index (χ4v) is 5.51. The van der Waals surface area contributed by atoms with E-state index in [4.69, 9.17) is 0 Å². The van der Waals surface area contributed by atoms with Crippen LogP contribution in [-0.4, -0.2) is 11.1 Å². The van der Waals surface area contributed by atoms with Gasteiger partial charge in [-0.15, -0.1) is 0 Å². The summed E-state index contributed by atoms with van der Waals surface area (Å²) in [4.78, 5) is 11.6. The van der Waals surface area contributed by atoms with Crippen molar-refractivity contribution in [2.45, 2.75) is 164 Å². The van der Waals surface area contributed by atoms with Crippen LogP contribution >= 0.6 is 0 Å². The molecule has 0 aromatic rings. The van der Waals surface area contributed by atoms with E-state index >= 15 is 0 Å². The van der Waals surface area contributed by atoms with E-state index in [2.05, 4.69) is 27.7 Å². The largest absolute Gasteiger partial charge is 0.481 e. The van der Waals surface area contributed by atoms with Crippen LogP contribution < -0.4 is 0 Å². The van der Waals surface area contributed by atoms with Crippen LogP contribution in [0.1, 0.15) is 164 Å². The summed E-state index contributed by atoms with van der Waals surface area (Å²) < 4.78 is 0. The molecule has 4 unspecified atom stereocenters. The molecule has 2 nitrogen and oxygen atoms in total. The first-order chi connectivity index (χ1) is 15.2. The molecule has 0 aromatic heterocycles. The SMILES string of the molecule is CCCCCCCCCCCCCCCCC(C)CC(C)CC(C)CC(C)(CC)C(=O)O. The van der Waals surface area contributed by atoms with Crippen molar-refractivity contribution in [2.75, 3.05) is 0 Å². The summed E-state index contributed by atoms with van der Waals surface area (Å²) in [7, 11) is 0. The minimum Gasteiger partial charge on any atom is -0.481 e. The summed E-state index contributed by atoms with van der Waals surface area (Å²) in [6.07, 6.45) is 25.3. The fourth-order valence-electron chi connectivity index (χ4n) is 5.51. The molecule has 0 bridgehead atoms. The normalized spacial score (nSPS) is 16.4. The third-order valence-corrected chi connectivity index (χ3v) is 7.76. The maximum absolute atomic E-state index is 11.6. The molecule has 192 valence electrons. The highest BCUT2D eigenvalue weighted by molar-refractivity contribution is 5.73. The highest BCUT2D eigenvalue weighted by Crippen LogP contribution is 2.34. The van der Waals surface area contributed by atoms with Crippen LogP contribution in [0.3, 0.4) is 0 Å². The molecule has 0 spiro atoms. The standard InChI is InChI=1S/C30H60O2/c1-7-9-10-11-12-13-14-15-16-17-18-19-20-21-22-26(3)23-27(4)24-28(5)25-30(6,8-2)29(31)32/h26-28H,7-25H2,1-6H3,(H,31,32).